The van der Waals surface area contributed by atoms with Crippen molar-refractivity contribution in [3.8, 4) is 0 Å². The minimum atomic E-state index is -1.21. The summed E-state index contributed by atoms with van der Waals surface area (Å²) in [6, 6.07) is 32.2. The number of carbonyl (C=O) groups is 1. The molecular weight excluding hydrogens is 730 g/mol. The van der Waals surface area contributed by atoms with Gasteiger partial charge in [-0.15, -0.1) is 0 Å². The lowest BCUT2D eigenvalue weighted by molar-refractivity contribution is -0.0630. The molecule has 7 rings (SSSR count). The Balaban J connectivity index is 0.000000188. The SMILES string of the molecule is Cc1ccc(C2NC(CO)(CO)CO2)cc1.Cc1ccc(C2OCC3(CO)COC(c4ccc(C)cc4)N23)cc1.Cc1ccc(C=O)cc1.NC(CO)(CO)CO. The average Bonchev–Trinajstić information content (AvgIpc) is 3.96. The molecule has 13 heteroatoms. The molecule has 0 saturated carbocycles. The first-order valence-electron chi connectivity index (χ1n) is 18.9. The molecule has 0 amide bonds. The predicted molar refractivity (Wildman–Crippen MR) is 216 cm³/mol. The quantitative estimate of drug-likeness (QED) is 0.109. The number of aliphatic hydroxyl groups excluding tert-OH is 6. The van der Waals surface area contributed by atoms with E-state index in [9.17, 15) is 20.1 Å². The summed E-state index contributed by atoms with van der Waals surface area (Å²) in [6.45, 7) is 7.99. The highest BCUT2D eigenvalue weighted by Gasteiger charge is 2.56. The molecular formula is C44H59N3O10. The molecule has 0 bridgehead atoms. The summed E-state index contributed by atoms with van der Waals surface area (Å²) in [6.07, 6.45) is 0.192. The van der Waals surface area contributed by atoms with Crippen molar-refractivity contribution in [2.24, 2.45) is 5.73 Å². The number of aryl methyl sites for hydroxylation is 4. The molecule has 3 aliphatic heterocycles. The molecule has 9 N–H and O–H groups in total. The number of fused-ring (bicyclic) bond motifs is 1. The van der Waals surface area contributed by atoms with Crippen LogP contribution in [0.1, 0.15) is 68.0 Å². The predicted octanol–water partition coefficient (Wildman–Crippen LogP) is 2.90. The van der Waals surface area contributed by atoms with Crippen molar-refractivity contribution >= 4 is 6.29 Å². The smallest absolute Gasteiger partial charge is 0.150 e. The van der Waals surface area contributed by atoms with Gasteiger partial charge >= 0.3 is 0 Å². The van der Waals surface area contributed by atoms with Gasteiger partial charge in [0.15, 0.2) is 0 Å². The Morgan fingerprint density at radius 2 is 1.00 bits per heavy atom. The Labute approximate surface area is 335 Å². The molecule has 3 atom stereocenters. The first kappa shape index (κ1) is 45.8. The maximum Gasteiger partial charge on any atom is 0.150 e. The Hall–Kier alpha value is -3.93. The third kappa shape index (κ3) is 11.8. The highest BCUT2D eigenvalue weighted by atomic mass is 16.6. The largest absolute Gasteiger partial charge is 0.394 e. The molecule has 3 heterocycles. The summed E-state index contributed by atoms with van der Waals surface area (Å²) in [7, 11) is 0. The number of aliphatic hydroxyl groups is 6. The maximum atomic E-state index is 10.1. The molecule has 310 valence electrons. The highest BCUT2D eigenvalue weighted by Crippen LogP contribution is 2.48. The Bertz CT molecular complexity index is 1720. The number of hydrogen-bond acceptors (Lipinski definition) is 13. The zero-order valence-electron chi connectivity index (χ0n) is 33.3. The summed E-state index contributed by atoms with van der Waals surface area (Å²) in [5, 5.41) is 56.6. The van der Waals surface area contributed by atoms with Crippen LogP contribution in [0.15, 0.2) is 97.1 Å². The number of aldehydes is 1. The lowest BCUT2D eigenvalue weighted by Crippen LogP contribution is -2.50. The number of nitrogens with one attached hydrogen (secondary N) is 1. The highest BCUT2D eigenvalue weighted by molar-refractivity contribution is 5.74. The second-order valence-electron chi connectivity index (χ2n) is 15.1. The molecule has 3 saturated heterocycles. The molecule has 4 aromatic rings. The normalized spacial score (nSPS) is 22.3. The van der Waals surface area contributed by atoms with E-state index in [1.165, 1.54) is 22.3 Å². The van der Waals surface area contributed by atoms with Gasteiger partial charge in [0, 0.05) is 5.56 Å². The molecule has 3 aliphatic rings. The van der Waals surface area contributed by atoms with E-state index in [-0.39, 0.29) is 38.5 Å². The van der Waals surface area contributed by atoms with Gasteiger partial charge in [0.25, 0.3) is 0 Å². The molecule has 3 fully saturated rings. The monoisotopic (exact) mass is 789 g/mol. The Morgan fingerprint density at radius 1 is 0.614 bits per heavy atom. The number of nitrogens with zero attached hydrogens (tertiary/aromatic N) is 1. The average molecular weight is 790 g/mol. The number of rotatable bonds is 10. The number of benzene rings is 4. The Kier molecular flexibility index (Phi) is 17.0. The van der Waals surface area contributed by atoms with Crippen LogP contribution < -0.4 is 11.1 Å². The standard InChI is InChI=1S/C20H23NO3.C12H17NO3.C8H8O.C4H11NO3/c1-14-3-7-16(8-4-14)18-21-19(17-9-5-15(2)6-10-17)24-13-20(21,11-22)12-23-18;1-9-2-4-10(5-3-9)11-13-12(6-14,7-15)8-16-11;1-7-2-4-8(6-9)5-3-7;5-4(1-6,2-7)3-8/h3-10,18-19,22H,11-13H2,1-2H3;2-5,11,13-15H,6-8H2,1H3;2-6H,1H3;6-8H,1-3,5H2. The van der Waals surface area contributed by atoms with Gasteiger partial charge in [0.1, 0.15) is 25.0 Å². The van der Waals surface area contributed by atoms with Crippen molar-refractivity contribution < 1.29 is 49.6 Å². The van der Waals surface area contributed by atoms with Crippen molar-refractivity contribution in [1.29, 1.82) is 0 Å². The topological polar surface area (TPSA) is 207 Å². The third-order valence-electron chi connectivity index (χ3n) is 10.2. The second-order valence-corrected chi connectivity index (χ2v) is 15.1. The summed E-state index contributed by atoms with van der Waals surface area (Å²) in [5.41, 5.74) is 11.5. The summed E-state index contributed by atoms with van der Waals surface area (Å²) in [5.74, 6) is 0. The number of carbonyl (C=O) groups excluding carboxylic acids is 1. The lowest BCUT2D eigenvalue weighted by atomic mass is 10.0. The van der Waals surface area contributed by atoms with Crippen LogP contribution >= 0.6 is 0 Å². The van der Waals surface area contributed by atoms with Crippen molar-refractivity contribution in [3.05, 3.63) is 142 Å². The fourth-order valence-corrected chi connectivity index (χ4v) is 6.14. The van der Waals surface area contributed by atoms with Crippen LogP contribution in [0.5, 0.6) is 0 Å². The number of nitrogens with two attached hydrogens (primary N) is 1. The molecule has 0 aromatic heterocycles. The zero-order chi connectivity index (χ0) is 41.6. The van der Waals surface area contributed by atoms with Gasteiger partial charge in [-0.25, -0.2) is 4.90 Å². The van der Waals surface area contributed by atoms with Gasteiger partial charge in [0.2, 0.25) is 0 Å². The van der Waals surface area contributed by atoms with Gasteiger partial charge in [-0.2, -0.15) is 0 Å². The maximum absolute atomic E-state index is 10.1. The van der Waals surface area contributed by atoms with Crippen molar-refractivity contribution in [2.45, 2.75) is 63.0 Å². The summed E-state index contributed by atoms with van der Waals surface area (Å²) >= 11 is 0. The molecule has 3 unspecified atom stereocenters. The van der Waals surface area contributed by atoms with Crippen LogP contribution in [0.2, 0.25) is 0 Å². The minimum Gasteiger partial charge on any atom is -0.394 e. The van der Waals surface area contributed by atoms with E-state index in [0.29, 0.717) is 19.8 Å². The first-order valence-corrected chi connectivity index (χ1v) is 18.9. The van der Waals surface area contributed by atoms with E-state index in [1.807, 2.05) is 62.4 Å². The van der Waals surface area contributed by atoms with Gasteiger partial charge in [-0.05, 0) is 44.4 Å². The van der Waals surface area contributed by atoms with E-state index in [0.717, 1.165) is 28.5 Å². The summed E-state index contributed by atoms with van der Waals surface area (Å²) < 4.78 is 17.7. The van der Waals surface area contributed by atoms with E-state index >= 15 is 0 Å². The van der Waals surface area contributed by atoms with Crippen LogP contribution in [0.4, 0.5) is 0 Å². The van der Waals surface area contributed by atoms with Crippen LogP contribution in [-0.4, -0.2) is 118 Å². The molecule has 13 nitrogen and oxygen atoms in total. The number of hydrogen-bond donors (Lipinski definition) is 8. The summed E-state index contributed by atoms with van der Waals surface area (Å²) in [4.78, 5) is 12.3. The van der Waals surface area contributed by atoms with Crippen LogP contribution in [0.3, 0.4) is 0 Å². The molecule has 0 aliphatic carbocycles. The molecule has 0 radical (unpaired) electrons. The zero-order valence-corrected chi connectivity index (χ0v) is 33.3. The fraction of sp³-hybridized carbons (Fsp3) is 0.432. The molecule has 57 heavy (non-hydrogen) atoms. The first-order chi connectivity index (χ1) is 27.3. The third-order valence-corrected chi connectivity index (χ3v) is 10.2. The fourth-order valence-electron chi connectivity index (χ4n) is 6.14. The van der Waals surface area contributed by atoms with Crippen molar-refractivity contribution in [1.82, 2.24) is 10.2 Å². The van der Waals surface area contributed by atoms with Crippen LogP contribution in [0.25, 0.3) is 0 Å². The second kappa shape index (κ2) is 21.2. The van der Waals surface area contributed by atoms with E-state index in [4.69, 9.17) is 35.3 Å². The van der Waals surface area contributed by atoms with E-state index < -0.39 is 36.4 Å². The molecule has 0 spiro atoms. The van der Waals surface area contributed by atoms with Crippen molar-refractivity contribution in [2.75, 3.05) is 59.5 Å². The van der Waals surface area contributed by atoms with Crippen molar-refractivity contribution in [3.63, 3.8) is 0 Å². The Morgan fingerprint density at radius 3 is 1.32 bits per heavy atom. The van der Waals surface area contributed by atoms with Gasteiger partial charge in [-0.3, -0.25) is 10.1 Å². The minimum absolute atomic E-state index is 0.0255. The number of ether oxygens (including phenoxy) is 3. The van der Waals surface area contributed by atoms with Gasteiger partial charge in [-0.1, -0.05) is 119 Å². The van der Waals surface area contributed by atoms with Crippen LogP contribution in [0, 0.1) is 27.7 Å². The van der Waals surface area contributed by atoms with Gasteiger partial charge in [0.05, 0.1) is 76.1 Å². The molecule has 4 aromatic carbocycles. The lowest BCUT2D eigenvalue weighted by Gasteiger charge is -2.33. The van der Waals surface area contributed by atoms with Gasteiger partial charge < -0.3 is 50.6 Å². The van der Waals surface area contributed by atoms with E-state index in [2.05, 4.69) is 72.6 Å². The van der Waals surface area contributed by atoms with Crippen LogP contribution in [-0.2, 0) is 14.2 Å². The van der Waals surface area contributed by atoms with E-state index in [1.54, 1.807) is 0 Å².